The fourth-order valence-corrected chi connectivity index (χ4v) is 2.86. The number of rotatable bonds is 8. The van der Waals surface area contributed by atoms with E-state index in [0.29, 0.717) is 30.8 Å². The molecule has 0 spiro atoms. The average Bonchev–Trinajstić information content (AvgIpc) is 2.81. The molecule has 0 bridgehead atoms. The van der Waals surface area contributed by atoms with Crippen LogP contribution in [-0.2, 0) is 11.3 Å². The van der Waals surface area contributed by atoms with Gasteiger partial charge in [-0.05, 0) is 31.2 Å². The molecular formula is C17H21N3O4. The third-order valence-corrected chi connectivity index (χ3v) is 3.97. The molecule has 0 radical (unpaired) electrons. The Morgan fingerprint density at radius 2 is 2.12 bits per heavy atom. The fourth-order valence-electron chi connectivity index (χ4n) is 2.86. The number of amides is 3. The molecule has 24 heavy (non-hydrogen) atoms. The van der Waals surface area contributed by atoms with Crippen LogP contribution in [0, 0.1) is 0 Å². The second kappa shape index (κ2) is 7.27. The minimum Gasteiger partial charge on any atom is -0.497 e. The molecule has 7 heteroatoms. The molecule has 2 N–H and O–H groups in total. The van der Waals surface area contributed by atoms with Gasteiger partial charge in [0, 0.05) is 18.7 Å². The number of imide groups is 1. The molecule has 128 valence electrons. The quantitative estimate of drug-likeness (QED) is 0.423. The van der Waals surface area contributed by atoms with Crippen molar-refractivity contribution < 1.29 is 19.1 Å². The summed E-state index contributed by atoms with van der Waals surface area (Å²) in [5.74, 6) is 0.235. The molecule has 7 nitrogen and oxygen atoms in total. The van der Waals surface area contributed by atoms with Gasteiger partial charge < -0.3 is 10.1 Å². The number of hydrogen-bond donors (Lipinski definition) is 2. The largest absolute Gasteiger partial charge is 0.497 e. The minimum atomic E-state index is -1.04. The van der Waals surface area contributed by atoms with Gasteiger partial charge in [0.2, 0.25) is 0 Å². The number of ether oxygens (including phenoxy) is 1. The highest BCUT2D eigenvalue weighted by Gasteiger charge is 2.45. The van der Waals surface area contributed by atoms with Crippen LogP contribution in [0.3, 0.4) is 0 Å². The summed E-state index contributed by atoms with van der Waals surface area (Å²) in [5, 5.41) is 4.94. The Morgan fingerprint density at radius 1 is 1.38 bits per heavy atom. The summed E-state index contributed by atoms with van der Waals surface area (Å²) in [5.41, 5.74) is 0.298. The van der Waals surface area contributed by atoms with Gasteiger partial charge in [-0.15, -0.1) is 6.58 Å². The lowest BCUT2D eigenvalue weighted by molar-refractivity contribution is -0.124. The number of methoxy groups -OCH3 is 1. The van der Waals surface area contributed by atoms with Gasteiger partial charge in [0.1, 0.15) is 11.3 Å². The van der Waals surface area contributed by atoms with Crippen molar-refractivity contribution in [3.05, 3.63) is 42.0 Å². The highest BCUT2D eigenvalue weighted by molar-refractivity contribution is 6.07. The maximum atomic E-state index is 12.1. The van der Waals surface area contributed by atoms with Crippen LogP contribution in [0.25, 0.3) is 0 Å². The number of nitrogens with one attached hydrogen (secondary N) is 2. The first-order chi connectivity index (χ1) is 11.4. The van der Waals surface area contributed by atoms with Gasteiger partial charge in [-0.3, -0.25) is 19.8 Å². The summed E-state index contributed by atoms with van der Waals surface area (Å²) >= 11 is 0. The van der Waals surface area contributed by atoms with Crippen molar-refractivity contribution in [2.75, 3.05) is 20.7 Å². The topological polar surface area (TPSA) is 87.7 Å². The second-order valence-electron chi connectivity index (χ2n) is 5.84. The zero-order chi connectivity index (χ0) is 17.7. The predicted molar refractivity (Wildman–Crippen MR) is 88.9 cm³/mol. The van der Waals surface area contributed by atoms with E-state index in [1.54, 1.807) is 18.2 Å². The maximum Gasteiger partial charge on any atom is 0.322 e. The number of urea groups is 1. The highest BCUT2D eigenvalue weighted by Crippen LogP contribution is 2.21. The number of carbonyl (C=O) groups excluding carboxylic acids is 3. The third-order valence-electron chi connectivity index (χ3n) is 3.97. The molecule has 3 amide bonds. The summed E-state index contributed by atoms with van der Waals surface area (Å²) in [6.45, 7) is 4.39. The van der Waals surface area contributed by atoms with Crippen LogP contribution < -0.4 is 15.4 Å². The summed E-state index contributed by atoms with van der Waals surface area (Å²) in [6.07, 6.45) is 2.69. The van der Waals surface area contributed by atoms with E-state index >= 15 is 0 Å². The molecule has 0 aliphatic carbocycles. The number of likely N-dealkylation sites (N-methyl/N-ethyl adjacent to an activating group) is 1. The maximum absolute atomic E-state index is 12.1. The number of nitrogens with zero attached hydrogens (tertiary/aromatic N) is 1. The smallest absolute Gasteiger partial charge is 0.322 e. The Bertz CT molecular complexity index is 674. The van der Waals surface area contributed by atoms with E-state index in [-0.39, 0.29) is 5.91 Å². The summed E-state index contributed by atoms with van der Waals surface area (Å²) in [6, 6.07) is 4.75. The molecular weight excluding hydrogens is 310 g/mol. The lowest BCUT2D eigenvalue weighted by Crippen LogP contribution is -2.54. The van der Waals surface area contributed by atoms with Crippen LogP contribution in [-0.4, -0.2) is 49.4 Å². The van der Waals surface area contributed by atoms with E-state index in [2.05, 4.69) is 17.2 Å². The van der Waals surface area contributed by atoms with E-state index in [4.69, 9.17) is 4.74 Å². The third kappa shape index (κ3) is 3.62. The van der Waals surface area contributed by atoms with Crippen LogP contribution in [0.4, 0.5) is 4.79 Å². The van der Waals surface area contributed by atoms with Crippen LogP contribution >= 0.6 is 0 Å². The number of carbonyl (C=O) groups is 3. The molecule has 1 fully saturated rings. The van der Waals surface area contributed by atoms with Gasteiger partial charge in [-0.1, -0.05) is 12.1 Å². The van der Waals surface area contributed by atoms with Crippen molar-refractivity contribution >= 4 is 18.2 Å². The number of aldehydes is 1. The summed E-state index contributed by atoms with van der Waals surface area (Å²) in [4.78, 5) is 36.8. The van der Waals surface area contributed by atoms with Gasteiger partial charge in [0.05, 0.1) is 7.11 Å². The van der Waals surface area contributed by atoms with Gasteiger partial charge in [-0.2, -0.15) is 0 Å². The monoisotopic (exact) mass is 331 g/mol. The van der Waals surface area contributed by atoms with Crippen molar-refractivity contribution in [1.29, 1.82) is 0 Å². The van der Waals surface area contributed by atoms with E-state index in [1.807, 2.05) is 18.0 Å². The molecule has 1 aliphatic rings. The van der Waals surface area contributed by atoms with Gasteiger partial charge >= 0.3 is 6.03 Å². The standard InChI is InChI=1S/C17H21N3O4/c1-4-7-17(15(22)18-16(23)19-17)11-20(2)9-12-5-6-14(24-3)8-13(12)10-21/h4-6,8,10H,1,7,9,11H2,2-3H3,(H2,18,19,22,23)/t17-/m1/s1. The Hall–Kier alpha value is -2.67. The lowest BCUT2D eigenvalue weighted by atomic mass is 9.94. The van der Waals surface area contributed by atoms with Crippen molar-refractivity contribution in [2.24, 2.45) is 0 Å². The Labute approximate surface area is 140 Å². The van der Waals surface area contributed by atoms with Crippen molar-refractivity contribution in [1.82, 2.24) is 15.5 Å². The van der Waals surface area contributed by atoms with Crippen LogP contribution in [0.15, 0.2) is 30.9 Å². The number of hydrogen-bond acceptors (Lipinski definition) is 5. The van der Waals surface area contributed by atoms with Crippen molar-refractivity contribution in [3.63, 3.8) is 0 Å². The molecule has 1 atom stereocenters. The molecule has 0 saturated carbocycles. The zero-order valence-electron chi connectivity index (χ0n) is 13.8. The lowest BCUT2D eigenvalue weighted by Gasteiger charge is -2.30. The molecule has 1 aromatic carbocycles. The first-order valence-electron chi connectivity index (χ1n) is 7.49. The molecule has 1 aromatic rings. The first-order valence-corrected chi connectivity index (χ1v) is 7.49. The van der Waals surface area contributed by atoms with Gasteiger partial charge in [0.15, 0.2) is 6.29 Å². The molecule has 0 aromatic heterocycles. The molecule has 2 rings (SSSR count). The minimum absolute atomic E-state index is 0.293. The SMILES string of the molecule is C=CC[C@]1(CN(C)Cc2ccc(OC)cc2C=O)NC(=O)NC1=O. The normalized spacial score (nSPS) is 19.8. The van der Waals surface area contributed by atoms with E-state index in [9.17, 15) is 14.4 Å². The van der Waals surface area contributed by atoms with Gasteiger partial charge in [0.25, 0.3) is 5.91 Å². The van der Waals surface area contributed by atoms with E-state index < -0.39 is 11.6 Å². The molecule has 1 saturated heterocycles. The Kier molecular flexibility index (Phi) is 5.35. The van der Waals surface area contributed by atoms with Crippen LogP contribution in [0.5, 0.6) is 5.75 Å². The fraction of sp³-hybridized carbons (Fsp3) is 0.353. The Morgan fingerprint density at radius 3 is 2.67 bits per heavy atom. The second-order valence-corrected chi connectivity index (χ2v) is 5.84. The van der Waals surface area contributed by atoms with Crippen LogP contribution in [0.2, 0.25) is 0 Å². The van der Waals surface area contributed by atoms with E-state index in [1.165, 1.54) is 7.11 Å². The molecule has 1 heterocycles. The van der Waals surface area contributed by atoms with Gasteiger partial charge in [-0.25, -0.2) is 4.79 Å². The van der Waals surface area contributed by atoms with Crippen LogP contribution in [0.1, 0.15) is 22.3 Å². The van der Waals surface area contributed by atoms with Crippen molar-refractivity contribution in [3.8, 4) is 5.75 Å². The highest BCUT2D eigenvalue weighted by atomic mass is 16.5. The van der Waals surface area contributed by atoms with Crippen molar-refractivity contribution in [2.45, 2.75) is 18.5 Å². The molecule has 0 unspecified atom stereocenters. The van der Waals surface area contributed by atoms with E-state index in [0.717, 1.165) is 11.8 Å². The average molecular weight is 331 g/mol. The first kappa shape index (κ1) is 17.7. The predicted octanol–water partition coefficient (Wildman–Crippen LogP) is 1.09. The molecule has 1 aliphatic heterocycles. The summed E-state index contributed by atoms with van der Waals surface area (Å²) in [7, 11) is 3.36. The zero-order valence-corrected chi connectivity index (χ0v) is 13.8. The Balaban J connectivity index is 2.16. The number of benzene rings is 1. The summed E-state index contributed by atoms with van der Waals surface area (Å²) < 4.78 is 5.11.